The summed E-state index contributed by atoms with van der Waals surface area (Å²) in [7, 11) is 4.67. The molecule has 0 N–H and O–H groups in total. The zero-order chi connectivity index (χ0) is 18.4. The first-order chi connectivity index (χ1) is 12.0. The van der Waals surface area contributed by atoms with E-state index in [0.717, 1.165) is 15.6 Å². The Labute approximate surface area is 156 Å². The summed E-state index contributed by atoms with van der Waals surface area (Å²) in [6.45, 7) is 1.97. The van der Waals surface area contributed by atoms with E-state index in [1.807, 2.05) is 31.2 Å². The van der Waals surface area contributed by atoms with Crippen LogP contribution in [0.25, 0.3) is 0 Å². The van der Waals surface area contributed by atoms with Crippen LogP contribution in [0.3, 0.4) is 0 Å². The van der Waals surface area contributed by atoms with Gasteiger partial charge in [0.05, 0.1) is 25.8 Å². The number of aryl methyl sites for hydroxylation is 2. The lowest BCUT2D eigenvalue weighted by atomic mass is 10.1. The number of methoxy groups -OCH3 is 3. The Bertz CT molecular complexity index is 732. The topological polar surface area (TPSA) is 54.0 Å². The van der Waals surface area contributed by atoms with Gasteiger partial charge in [0.2, 0.25) is 5.75 Å². The maximum absolute atomic E-state index is 12.1. The third kappa shape index (κ3) is 4.89. The molecule has 2 aromatic carbocycles. The number of carbonyl (C=O) groups is 1. The second-order valence-corrected chi connectivity index (χ2v) is 6.30. The van der Waals surface area contributed by atoms with Crippen LogP contribution in [-0.2, 0) is 11.2 Å². The van der Waals surface area contributed by atoms with Crippen molar-refractivity contribution in [2.24, 2.45) is 0 Å². The molecule has 0 amide bonds. The molecule has 0 spiro atoms. The summed E-state index contributed by atoms with van der Waals surface area (Å²) in [6.07, 6.45) is 0.734. The first-order valence-corrected chi connectivity index (χ1v) is 8.53. The van der Waals surface area contributed by atoms with E-state index in [0.29, 0.717) is 29.4 Å². The molecule has 0 bridgehead atoms. The van der Waals surface area contributed by atoms with Crippen molar-refractivity contribution in [2.45, 2.75) is 19.8 Å². The fourth-order valence-corrected chi connectivity index (χ4v) is 2.96. The zero-order valence-corrected chi connectivity index (χ0v) is 16.3. The van der Waals surface area contributed by atoms with E-state index in [1.54, 1.807) is 27.4 Å². The van der Waals surface area contributed by atoms with Crippen LogP contribution < -0.4 is 18.9 Å². The molecule has 0 aliphatic rings. The number of halogens is 1. The summed E-state index contributed by atoms with van der Waals surface area (Å²) in [5, 5.41) is 0. The van der Waals surface area contributed by atoms with Gasteiger partial charge in [0.1, 0.15) is 5.75 Å². The quantitative estimate of drug-likeness (QED) is 0.504. The third-order valence-corrected chi connectivity index (χ3v) is 4.27. The van der Waals surface area contributed by atoms with Crippen LogP contribution in [0.1, 0.15) is 17.5 Å². The maximum Gasteiger partial charge on any atom is 0.311 e. The highest BCUT2D eigenvalue weighted by Gasteiger charge is 2.15. The first kappa shape index (κ1) is 19.1. The molecule has 6 heteroatoms. The summed E-state index contributed by atoms with van der Waals surface area (Å²) in [5.41, 5.74) is 1.98. The van der Waals surface area contributed by atoms with Gasteiger partial charge in [-0.15, -0.1) is 0 Å². The van der Waals surface area contributed by atoms with E-state index < -0.39 is 0 Å². The SMILES string of the molecule is COc1cc(CCC(=O)Oc2ccc(C)cc2Br)cc(OC)c1OC. The summed E-state index contributed by atoms with van der Waals surface area (Å²) in [4.78, 5) is 12.1. The second kappa shape index (κ2) is 8.76. The van der Waals surface area contributed by atoms with Crippen molar-refractivity contribution in [3.8, 4) is 23.0 Å². The Kier molecular flexibility index (Phi) is 6.70. The molecule has 0 saturated carbocycles. The Morgan fingerprint density at radius 3 is 2.12 bits per heavy atom. The molecule has 0 aromatic heterocycles. The minimum absolute atomic E-state index is 0.235. The number of carbonyl (C=O) groups excluding carboxylic acids is 1. The van der Waals surface area contributed by atoms with Gasteiger partial charge in [-0.3, -0.25) is 4.79 Å². The Hall–Kier alpha value is -2.21. The van der Waals surface area contributed by atoms with Crippen molar-refractivity contribution in [3.05, 3.63) is 45.9 Å². The van der Waals surface area contributed by atoms with Crippen LogP contribution in [0.15, 0.2) is 34.8 Å². The van der Waals surface area contributed by atoms with E-state index in [2.05, 4.69) is 15.9 Å². The molecule has 25 heavy (non-hydrogen) atoms. The van der Waals surface area contributed by atoms with Crippen LogP contribution >= 0.6 is 15.9 Å². The average Bonchev–Trinajstić information content (AvgIpc) is 2.61. The van der Waals surface area contributed by atoms with E-state index in [1.165, 1.54) is 0 Å². The fourth-order valence-electron chi connectivity index (χ4n) is 2.39. The summed E-state index contributed by atoms with van der Waals surface area (Å²) in [6, 6.07) is 9.23. The molecule has 0 radical (unpaired) electrons. The Balaban J connectivity index is 2.06. The van der Waals surface area contributed by atoms with Crippen LogP contribution in [0.4, 0.5) is 0 Å². The number of hydrogen-bond donors (Lipinski definition) is 0. The molecule has 5 nitrogen and oxygen atoms in total. The maximum atomic E-state index is 12.1. The smallest absolute Gasteiger partial charge is 0.311 e. The predicted octanol–water partition coefficient (Wildman–Crippen LogP) is 4.32. The second-order valence-electron chi connectivity index (χ2n) is 5.44. The Morgan fingerprint density at radius 2 is 1.60 bits per heavy atom. The molecule has 0 unspecified atom stereocenters. The van der Waals surface area contributed by atoms with Crippen molar-refractivity contribution in [1.82, 2.24) is 0 Å². The number of benzene rings is 2. The molecular weight excluding hydrogens is 388 g/mol. The number of esters is 1. The predicted molar refractivity (Wildman–Crippen MR) is 98.9 cm³/mol. The van der Waals surface area contributed by atoms with Gasteiger partial charge in [-0.2, -0.15) is 0 Å². The third-order valence-electron chi connectivity index (χ3n) is 3.65. The zero-order valence-electron chi connectivity index (χ0n) is 14.7. The number of hydrogen-bond acceptors (Lipinski definition) is 5. The molecule has 0 fully saturated rings. The standard InChI is InChI=1S/C19H21BrO5/c1-12-5-7-15(14(20)9-12)25-18(21)8-6-13-10-16(22-2)19(24-4)17(11-13)23-3/h5,7,9-11H,6,8H2,1-4H3. The molecule has 2 aromatic rings. The highest BCUT2D eigenvalue weighted by Crippen LogP contribution is 2.38. The van der Waals surface area contributed by atoms with Crippen LogP contribution in [-0.4, -0.2) is 27.3 Å². The van der Waals surface area contributed by atoms with Gasteiger partial charge in [-0.1, -0.05) is 6.07 Å². The molecule has 0 heterocycles. The molecule has 0 aliphatic heterocycles. The van der Waals surface area contributed by atoms with Gasteiger partial charge in [0.15, 0.2) is 11.5 Å². The lowest BCUT2D eigenvalue weighted by Crippen LogP contribution is -2.09. The highest BCUT2D eigenvalue weighted by atomic mass is 79.9. The minimum atomic E-state index is -0.307. The molecular formula is C19H21BrO5. The van der Waals surface area contributed by atoms with E-state index in [-0.39, 0.29) is 12.4 Å². The minimum Gasteiger partial charge on any atom is -0.493 e. The van der Waals surface area contributed by atoms with Crippen molar-refractivity contribution in [2.75, 3.05) is 21.3 Å². The molecule has 0 aliphatic carbocycles. The van der Waals surface area contributed by atoms with Crippen LogP contribution in [0.5, 0.6) is 23.0 Å². The van der Waals surface area contributed by atoms with Crippen molar-refractivity contribution in [3.63, 3.8) is 0 Å². The summed E-state index contributed by atoms with van der Waals surface area (Å²) >= 11 is 3.40. The van der Waals surface area contributed by atoms with Gasteiger partial charge in [0, 0.05) is 6.42 Å². The van der Waals surface area contributed by atoms with E-state index >= 15 is 0 Å². The Morgan fingerprint density at radius 1 is 0.960 bits per heavy atom. The van der Waals surface area contributed by atoms with Crippen molar-refractivity contribution < 1.29 is 23.7 Å². The van der Waals surface area contributed by atoms with Crippen LogP contribution in [0, 0.1) is 6.92 Å². The van der Waals surface area contributed by atoms with Crippen molar-refractivity contribution in [1.29, 1.82) is 0 Å². The van der Waals surface area contributed by atoms with Gasteiger partial charge in [0.25, 0.3) is 0 Å². The van der Waals surface area contributed by atoms with Gasteiger partial charge >= 0.3 is 5.97 Å². The van der Waals surface area contributed by atoms with Gasteiger partial charge in [-0.25, -0.2) is 0 Å². The normalized spacial score (nSPS) is 10.3. The molecule has 0 saturated heterocycles. The largest absolute Gasteiger partial charge is 0.493 e. The van der Waals surface area contributed by atoms with E-state index in [4.69, 9.17) is 18.9 Å². The highest BCUT2D eigenvalue weighted by molar-refractivity contribution is 9.10. The van der Waals surface area contributed by atoms with Crippen molar-refractivity contribution >= 4 is 21.9 Å². The molecule has 134 valence electrons. The average molecular weight is 409 g/mol. The fraction of sp³-hybridized carbons (Fsp3) is 0.316. The monoisotopic (exact) mass is 408 g/mol. The lowest BCUT2D eigenvalue weighted by molar-refractivity contribution is -0.134. The molecule has 2 rings (SSSR count). The van der Waals surface area contributed by atoms with E-state index in [9.17, 15) is 4.79 Å². The summed E-state index contributed by atoms with van der Waals surface area (Å²) < 4.78 is 22.1. The van der Waals surface area contributed by atoms with Crippen LogP contribution in [0.2, 0.25) is 0 Å². The summed E-state index contributed by atoms with van der Waals surface area (Å²) in [5.74, 6) is 1.86. The number of ether oxygens (including phenoxy) is 4. The molecule has 0 atom stereocenters. The van der Waals surface area contributed by atoms with Gasteiger partial charge < -0.3 is 18.9 Å². The number of rotatable bonds is 7. The van der Waals surface area contributed by atoms with Gasteiger partial charge in [-0.05, 0) is 64.7 Å². The first-order valence-electron chi connectivity index (χ1n) is 7.74. The lowest BCUT2D eigenvalue weighted by Gasteiger charge is -2.14.